The first-order valence-electron chi connectivity index (χ1n) is 24.2. The third-order valence-corrected chi connectivity index (χ3v) is 16.7. The first kappa shape index (κ1) is 40.1. The molecule has 0 unspecified atom stereocenters. The summed E-state index contributed by atoms with van der Waals surface area (Å²) in [7, 11) is 0. The Morgan fingerprint density at radius 3 is 1.26 bits per heavy atom. The smallest absolute Gasteiger partial charge is 0.0502 e. The maximum Gasteiger partial charge on any atom is 0.0502 e. The van der Waals surface area contributed by atoms with E-state index in [2.05, 4.69) is 256 Å². The van der Waals surface area contributed by atoms with Crippen molar-refractivity contribution in [1.82, 2.24) is 0 Å². The highest BCUT2D eigenvalue weighted by Crippen LogP contribution is 2.56. The van der Waals surface area contributed by atoms with Crippen LogP contribution in [0.25, 0.3) is 74.7 Å². The van der Waals surface area contributed by atoms with Crippen molar-refractivity contribution in [2.75, 3.05) is 9.80 Å². The van der Waals surface area contributed by atoms with Crippen LogP contribution in [-0.2, 0) is 10.8 Å². The van der Waals surface area contributed by atoms with Gasteiger partial charge in [0.2, 0.25) is 0 Å². The van der Waals surface area contributed by atoms with Gasteiger partial charge >= 0.3 is 0 Å². The van der Waals surface area contributed by atoms with Crippen molar-refractivity contribution in [3.63, 3.8) is 0 Å². The topological polar surface area (TPSA) is 6.48 Å². The zero-order valence-electron chi connectivity index (χ0n) is 39.1. The first-order chi connectivity index (χ1) is 33.7. The monoisotopic (exact) mass is 900 g/mol. The normalized spacial score (nSPS) is 14.6. The van der Waals surface area contributed by atoms with Crippen LogP contribution >= 0.6 is 11.3 Å². The minimum absolute atomic E-state index is 0.159. The number of nitrogens with zero attached hydrogens (tertiary/aromatic N) is 2. The molecule has 2 aliphatic rings. The van der Waals surface area contributed by atoms with Crippen LogP contribution in [0.5, 0.6) is 0 Å². The molecule has 0 N–H and O–H groups in total. The highest BCUT2D eigenvalue weighted by molar-refractivity contribution is 7.25. The predicted molar refractivity (Wildman–Crippen MR) is 296 cm³/mol. The maximum atomic E-state index is 2.50. The summed E-state index contributed by atoms with van der Waals surface area (Å²) in [6.45, 7) is 9.46. The zero-order valence-corrected chi connectivity index (χ0v) is 39.9. The third-order valence-electron chi connectivity index (χ3n) is 15.6. The molecule has 2 nitrogen and oxygen atoms in total. The summed E-state index contributed by atoms with van der Waals surface area (Å²) in [6, 6.07) is 82.3. The van der Waals surface area contributed by atoms with Gasteiger partial charge in [-0.3, -0.25) is 0 Å². The number of benzene rings is 11. The molecule has 0 spiro atoms. The summed E-state index contributed by atoms with van der Waals surface area (Å²) in [5.74, 6) is 0. The molecule has 11 aromatic carbocycles. The fraction of sp³-hybridized carbons (Fsp3) is 0.0909. The maximum absolute atomic E-state index is 2.50. The van der Waals surface area contributed by atoms with E-state index in [0.29, 0.717) is 0 Å². The van der Waals surface area contributed by atoms with Crippen molar-refractivity contribution >= 4 is 98.0 Å². The predicted octanol–water partition coefficient (Wildman–Crippen LogP) is 19.1. The van der Waals surface area contributed by atoms with Crippen molar-refractivity contribution in [3.8, 4) is 22.3 Å². The van der Waals surface area contributed by atoms with Crippen molar-refractivity contribution < 1.29 is 0 Å². The molecule has 0 saturated heterocycles. The molecule has 12 aromatic rings. The van der Waals surface area contributed by atoms with Gasteiger partial charge in [0, 0.05) is 42.4 Å². The molecule has 0 amide bonds. The lowest BCUT2D eigenvalue weighted by Gasteiger charge is -2.42. The summed E-state index contributed by atoms with van der Waals surface area (Å²) in [6.07, 6.45) is 0. The lowest BCUT2D eigenvalue weighted by Crippen LogP contribution is -2.30. The summed E-state index contributed by atoms with van der Waals surface area (Å²) in [5, 5.41) is 9.97. The molecule has 3 heterocycles. The molecular formula is C66H48N2S. The van der Waals surface area contributed by atoms with Gasteiger partial charge in [-0.1, -0.05) is 173 Å². The fourth-order valence-corrected chi connectivity index (χ4v) is 13.3. The highest BCUT2D eigenvalue weighted by atomic mass is 32.1. The van der Waals surface area contributed by atoms with Crippen molar-refractivity contribution in [1.29, 1.82) is 0 Å². The number of thiophene rings is 1. The number of hydrogen-bond donors (Lipinski definition) is 0. The van der Waals surface area contributed by atoms with E-state index in [4.69, 9.17) is 0 Å². The highest BCUT2D eigenvalue weighted by Gasteiger charge is 2.38. The van der Waals surface area contributed by atoms with E-state index in [0.717, 1.165) is 11.4 Å². The zero-order chi connectivity index (χ0) is 46.2. The molecule has 0 fully saturated rings. The second-order valence-corrected chi connectivity index (χ2v) is 21.2. The number of para-hydroxylation sites is 4. The Hall–Kier alpha value is -7.98. The first-order valence-corrected chi connectivity index (χ1v) is 25.0. The Kier molecular flexibility index (Phi) is 8.58. The second kappa shape index (κ2) is 14.8. The van der Waals surface area contributed by atoms with Crippen LogP contribution < -0.4 is 9.80 Å². The van der Waals surface area contributed by atoms with Crippen molar-refractivity contribution in [2.24, 2.45) is 0 Å². The van der Waals surface area contributed by atoms with Gasteiger partial charge in [-0.05, 0) is 150 Å². The molecule has 0 atom stereocenters. The SMILES string of the molecule is CC1(C)c2ccccc2N(c2ccc3c(-c4ccc5sc6ccccc6c5c4)c4cc(N5c6ccccc6C(C)(C)c6ccccc65)ccc4c(-c4ccc5ccccc5c4)c3c2)c2ccccc21. The van der Waals surface area contributed by atoms with E-state index >= 15 is 0 Å². The molecule has 2 aliphatic heterocycles. The molecule has 3 heteroatoms. The molecule has 0 aliphatic carbocycles. The van der Waals surface area contributed by atoms with E-state index in [1.54, 1.807) is 0 Å². The average Bonchev–Trinajstić information content (AvgIpc) is 3.76. The molecule has 0 radical (unpaired) electrons. The third kappa shape index (κ3) is 5.84. The van der Waals surface area contributed by atoms with Gasteiger partial charge in [0.05, 0.1) is 22.7 Å². The number of rotatable bonds is 4. The molecule has 0 bridgehead atoms. The molecule has 1 aromatic heterocycles. The molecule has 0 saturated carbocycles. The molecule has 328 valence electrons. The van der Waals surface area contributed by atoms with E-state index < -0.39 is 0 Å². The number of hydrogen-bond acceptors (Lipinski definition) is 3. The lowest BCUT2D eigenvalue weighted by atomic mass is 9.73. The van der Waals surface area contributed by atoms with Crippen molar-refractivity contribution in [2.45, 2.75) is 38.5 Å². The second-order valence-electron chi connectivity index (χ2n) is 20.1. The van der Waals surface area contributed by atoms with E-state index in [1.165, 1.54) is 120 Å². The Morgan fingerprint density at radius 1 is 0.304 bits per heavy atom. The summed E-state index contributed by atoms with van der Waals surface area (Å²) in [4.78, 5) is 5.01. The van der Waals surface area contributed by atoms with Crippen LogP contribution in [0.4, 0.5) is 34.1 Å². The van der Waals surface area contributed by atoms with Crippen LogP contribution in [0.1, 0.15) is 49.9 Å². The molecule has 69 heavy (non-hydrogen) atoms. The van der Waals surface area contributed by atoms with Gasteiger partial charge in [-0.15, -0.1) is 11.3 Å². The van der Waals surface area contributed by atoms with Gasteiger partial charge in [0.1, 0.15) is 0 Å². The Labute approximate surface area is 407 Å². The minimum Gasteiger partial charge on any atom is -0.310 e. The summed E-state index contributed by atoms with van der Waals surface area (Å²) < 4.78 is 2.62. The quantitative estimate of drug-likeness (QED) is 0.162. The number of fused-ring (bicyclic) bond motifs is 10. The van der Waals surface area contributed by atoms with E-state index in [9.17, 15) is 0 Å². The largest absolute Gasteiger partial charge is 0.310 e. The Bertz CT molecular complexity index is 4020. The Balaban J connectivity index is 1.11. The van der Waals surface area contributed by atoms with E-state index in [1.807, 2.05) is 11.3 Å². The van der Waals surface area contributed by atoms with Gasteiger partial charge in [-0.2, -0.15) is 0 Å². The van der Waals surface area contributed by atoms with Crippen molar-refractivity contribution in [3.05, 3.63) is 241 Å². The minimum atomic E-state index is -0.160. The standard InChI is InChI=1S/C66H48N2S/c1-65(2)53-20-8-12-24-57(53)67(58-25-13-9-21-54(58)65)45-33-35-49-51(39-45)63(43-30-29-41-17-5-6-18-42(41)37-43)48-34-32-46(68-59-26-14-10-22-55(59)66(3,4)56-23-11-15-27-60(56)68)40-52(48)64(49)44-31-36-62-50(38-44)47-19-7-16-28-61(47)69-62/h5-40H,1-4H3. The van der Waals surface area contributed by atoms with Crippen LogP contribution in [0.2, 0.25) is 0 Å². The van der Waals surface area contributed by atoms with Gasteiger partial charge in [-0.25, -0.2) is 0 Å². The van der Waals surface area contributed by atoms with Crippen LogP contribution in [0.3, 0.4) is 0 Å². The molecule has 14 rings (SSSR count). The van der Waals surface area contributed by atoms with Gasteiger partial charge in [0.25, 0.3) is 0 Å². The van der Waals surface area contributed by atoms with Crippen LogP contribution in [-0.4, -0.2) is 0 Å². The van der Waals surface area contributed by atoms with Crippen LogP contribution in [0.15, 0.2) is 218 Å². The molecular weight excluding hydrogens is 853 g/mol. The van der Waals surface area contributed by atoms with Gasteiger partial charge < -0.3 is 9.80 Å². The van der Waals surface area contributed by atoms with Crippen LogP contribution in [0, 0.1) is 0 Å². The fourth-order valence-electron chi connectivity index (χ4n) is 12.2. The number of anilines is 6. The average molecular weight is 901 g/mol. The lowest BCUT2D eigenvalue weighted by molar-refractivity contribution is 0.632. The van der Waals surface area contributed by atoms with E-state index in [-0.39, 0.29) is 10.8 Å². The van der Waals surface area contributed by atoms with Gasteiger partial charge in [0.15, 0.2) is 0 Å². The Morgan fingerprint density at radius 2 is 0.725 bits per heavy atom. The summed E-state index contributed by atoms with van der Waals surface area (Å²) >= 11 is 1.88. The summed E-state index contributed by atoms with van der Waals surface area (Å²) in [5.41, 5.74) is 17.1.